The number of carbonyl (C=O) groups excluding carboxylic acids is 1. The summed E-state index contributed by atoms with van der Waals surface area (Å²) in [5, 5.41) is 7.54. The number of rotatable bonds is 4. The second-order valence-electron chi connectivity index (χ2n) is 5.08. The molecule has 2 heterocycles. The highest BCUT2D eigenvalue weighted by molar-refractivity contribution is 5.98. The lowest BCUT2D eigenvalue weighted by Crippen LogP contribution is -2.40. The molecule has 1 fully saturated rings. The van der Waals surface area contributed by atoms with Crippen LogP contribution >= 0.6 is 0 Å². The van der Waals surface area contributed by atoms with E-state index in [9.17, 15) is 4.79 Å². The van der Waals surface area contributed by atoms with Gasteiger partial charge in [0, 0.05) is 18.2 Å². The molecule has 0 amide bonds. The molecular weight excluding hydrogens is 214 g/mol. The Kier molecular flexibility index (Phi) is 3.62. The zero-order valence-electron chi connectivity index (χ0n) is 10.7. The molecular formula is C13H21N3O. The lowest BCUT2D eigenvalue weighted by molar-refractivity contribution is 0.0750. The van der Waals surface area contributed by atoms with Crippen LogP contribution in [0.4, 0.5) is 0 Å². The fraction of sp³-hybridized carbons (Fsp3) is 0.692. The Morgan fingerprint density at radius 3 is 2.88 bits per heavy atom. The van der Waals surface area contributed by atoms with E-state index in [1.54, 1.807) is 6.20 Å². The molecule has 0 radical (unpaired) electrons. The van der Waals surface area contributed by atoms with E-state index in [4.69, 9.17) is 0 Å². The smallest absolute Gasteiger partial charge is 0.186 e. The van der Waals surface area contributed by atoms with Crippen molar-refractivity contribution in [3.05, 3.63) is 18.0 Å². The maximum absolute atomic E-state index is 12.6. The van der Waals surface area contributed by atoms with Crippen molar-refractivity contribution in [3.8, 4) is 0 Å². The minimum Gasteiger partial charge on any atom is -0.317 e. The van der Waals surface area contributed by atoms with Crippen LogP contribution in [0.25, 0.3) is 0 Å². The van der Waals surface area contributed by atoms with Crippen molar-refractivity contribution in [2.45, 2.75) is 39.7 Å². The fourth-order valence-corrected chi connectivity index (χ4v) is 2.43. The molecule has 2 rings (SSSR count). The van der Waals surface area contributed by atoms with E-state index >= 15 is 0 Å². The Bertz CT molecular complexity index is 391. The monoisotopic (exact) mass is 235 g/mol. The summed E-state index contributed by atoms with van der Waals surface area (Å²) in [5.41, 5.74) is 0.563. The molecule has 0 spiro atoms. The molecule has 1 aliphatic heterocycles. The number of nitrogens with one attached hydrogen (secondary N) is 1. The molecule has 4 heteroatoms. The van der Waals surface area contributed by atoms with Crippen molar-refractivity contribution < 1.29 is 4.79 Å². The number of aromatic nitrogens is 2. The summed E-state index contributed by atoms with van der Waals surface area (Å²) in [5.74, 6) is 0.255. The van der Waals surface area contributed by atoms with Gasteiger partial charge in [0.25, 0.3) is 0 Å². The summed E-state index contributed by atoms with van der Waals surface area (Å²) >= 11 is 0. The van der Waals surface area contributed by atoms with Crippen molar-refractivity contribution in [1.82, 2.24) is 15.1 Å². The number of hydrogen-bond donors (Lipinski definition) is 1. The predicted octanol–water partition coefficient (Wildman–Crippen LogP) is 1.87. The van der Waals surface area contributed by atoms with Gasteiger partial charge in [-0.25, -0.2) is 0 Å². The molecule has 1 aromatic heterocycles. The van der Waals surface area contributed by atoms with Crippen LogP contribution in [0.5, 0.6) is 0 Å². The molecule has 94 valence electrons. The van der Waals surface area contributed by atoms with Crippen LogP contribution in [0.3, 0.4) is 0 Å². The standard InChI is InChI=1S/C13H21N3O/c1-3-10-16-11(4-7-15-16)12(17)13(2)5-8-14-9-6-13/h4,7,14H,3,5-6,8-10H2,1-2H3. The molecule has 0 bridgehead atoms. The van der Waals surface area contributed by atoms with Crippen molar-refractivity contribution in [1.29, 1.82) is 0 Å². The van der Waals surface area contributed by atoms with Crippen LogP contribution in [-0.4, -0.2) is 28.7 Å². The van der Waals surface area contributed by atoms with Crippen LogP contribution in [0.2, 0.25) is 0 Å². The molecule has 1 saturated heterocycles. The quantitative estimate of drug-likeness (QED) is 0.810. The van der Waals surface area contributed by atoms with E-state index in [2.05, 4.69) is 24.3 Å². The maximum atomic E-state index is 12.6. The van der Waals surface area contributed by atoms with E-state index < -0.39 is 0 Å². The zero-order valence-corrected chi connectivity index (χ0v) is 10.7. The number of hydrogen-bond acceptors (Lipinski definition) is 3. The van der Waals surface area contributed by atoms with Gasteiger partial charge in [0.05, 0.1) is 0 Å². The third kappa shape index (κ3) is 2.41. The van der Waals surface area contributed by atoms with Gasteiger partial charge < -0.3 is 5.32 Å². The average molecular weight is 235 g/mol. The Morgan fingerprint density at radius 2 is 2.24 bits per heavy atom. The van der Waals surface area contributed by atoms with Crippen LogP contribution in [0.15, 0.2) is 12.3 Å². The Balaban J connectivity index is 2.20. The normalized spacial score (nSPS) is 19.2. The van der Waals surface area contributed by atoms with Gasteiger partial charge in [-0.2, -0.15) is 5.10 Å². The van der Waals surface area contributed by atoms with Gasteiger partial charge >= 0.3 is 0 Å². The predicted molar refractivity (Wildman–Crippen MR) is 67.1 cm³/mol. The minimum atomic E-state index is -0.212. The van der Waals surface area contributed by atoms with Crippen molar-refractivity contribution in [2.24, 2.45) is 5.41 Å². The number of ketones is 1. The Labute approximate surface area is 102 Å². The molecule has 0 aliphatic carbocycles. The molecule has 0 saturated carbocycles. The largest absolute Gasteiger partial charge is 0.317 e. The van der Waals surface area contributed by atoms with Crippen LogP contribution in [0, 0.1) is 5.41 Å². The van der Waals surface area contributed by atoms with Gasteiger partial charge in [0.2, 0.25) is 0 Å². The van der Waals surface area contributed by atoms with Crippen molar-refractivity contribution in [2.75, 3.05) is 13.1 Å². The second kappa shape index (κ2) is 5.00. The molecule has 4 nitrogen and oxygen atoms in total. The van der Waals surface area contributed by atoms with E-state index in [0.717, 1.165) is 44.6 Å². The molecule has 0 atom stereocenters. The van der Waals surface area contributed by atoms with Crippen LogP contribution < -0.4 is 5.32 Å². The fourth-order valence-electron chi connectivity index (χ4n) is 2.43. The molecule has 0 unspecified atom stereocenters. The average Bonchev–Trinajstić information content (AvgIpc) is 2.78. The minimum absolute atomic E-state index is 0.212. The van der Waals surface area contributed by atoms with Gasteiger partial charge in [0.15, 0.2) is 5.78 Å². The summed E-state index contributed by atoms with van der Waals surface area (Å²) in [6, 6.07) is 1.85. The molecule has 1 N–H and O–H groups in total. The van der Waals surface area contributed by atoms with Crippen molar-refractivity contribution in [3.63, 3.8) is 0 Å². The number of carbonyl (C=O) groups is 1. The first-order chi connectivity index (χ1) is 8.17. The molecule has 1 aromatic rings. The summed E-state index contributed by atoms with van der Waals surface area (Å²) in [7, 11) is 0. The lowest BCUT2D eigenvalue weighted by atomic mass is 9.76. The van der Waals surface area contributed by atoms with Gasteiger partial charge in [-0.3, -0.25) is 9.48 Å². The highest BCUT2D eigenvalue weighted by Gasteiger charge is 2.36. The topological polar surface area (TPSA) is 46.9 Å². The number of nitrogens with zero attached hydrogens (tertiary/aromatic N) is 2. The molecule has 1 aliphatic rings. The highest BCUT2D eigenvalue weighted by atomic mass is 16.1. The second-order valence-corrected chi connectivity index (χ2v) is 5.08. The third-order valence-electron chi connectivity index (χ3n) is 3.64. The number of piperidine rings is 1. The lowest BCUT2D eigenvalue weighted by Gasteiger charge is -2.32. The first-order valence-corrected chi connectivity index (χ1v) is 6.45. The SMILES string of the molecule is CCCn1nccc1C(=O)C1(C)CCNCC1. The Morgan fingerprint density at radius 1 is 1.53 bits per heavy atom. The van der Waals surface area contributed by atoms with Gasteiger partial charge in [-0.05, 0) is 38.4 Å². The summed E-state index contributed by atoms with van der Waals surface area (Å²) < 4.78 is 1.84. The summed E-state index contributed by atoms with van der Waals surface area (Å²) in [6.45, 7) is 6.87. The number of Topliss-reactive ketones (excluding diaryl/α,β-unsaturated/α-hetero) is 1. The maximum Gasteiger partial charge on any atom is 0.186 e. The molecule has 0 aromatic carbocycles. The molecule has 17 heavy (non-hydrogen) atoms. The highest BCUT2D eigenvalue weighted by Crippen LogP contribution is 2.32. The first-order valence-electron chi connectivity index (χ1n) is 6.45. The van der Waals surface area contributed by atoms with Crippen molar-refractivity contribution >= 4 is 5.78 Å². The first kappa shape index (κ1) is 12.3. The number of aryl methyl sites for hydroxylation is 1. The summed E-state index contributed by atoms with van der Waals surface area (Å²) in [4.78, 5) is 12.6. The van der Waals surface area contributed by atoms with E-state index in [1.165, 1.54) is 0 Å². The third-order valence-corrected chi connectivity index (χ3v) is 3.64. The van der Waals surface area contributed by atoms with Gasteiger partial charge in [0.1, 0.15) is 5.69 Å². The zero-order chi connectivity index (χ0) is 12.3. The summed E-state index contributed by atoms with van der Waals surface area (Å²) in [6.07, 6.45) is 4.57. The Hall–Kier alpha value is -1.16. The van der Waals surface area contributed by atoms with E-state index in [1.807, 2.05) is 10.7 Å². The van der Waals surface area contributed by atoms with Gasteiger partial charge in [-0.1, -0.05) is 13.8 Å². The van der Waals surface area contributed by atoms with Crippen LogP contribution in [-0.2, 0) is 6.54 Å². The van der Waals surface area contributed by atoms with Crippen LogP contribution in [0.1, 0.15) is 43.6 Å². The van der Waals surface area contributed by atoms with Gasteiger partial charge in [-0.15, -0.1) is 0 Å². The van der Waals surface area contributed by atoms with E-state index in [-0.39, 0.29) is 11.2 Å². The van der Waals surface area contributed by atoms with E-state index in [0.29, 0.717) is 0 Å².